The Morgan fingerprint density at radius 2 is 1.71 bits per heavy atom. The van der Waals surface area contributed by atoms with Gasteiger partial charge in [0, 0.05) is 10.9 Å². The van der Waals surface area contributed by atoms with Crippen LogP contribution in [-0.4, -0.2) is 23.9 Å². The Morgan fingerprint density at radius 3 is 2.41 bits per heavy atom. The van der Waals surface area contributed by atoms with Crippen LogP contribution in [0.2, 0.25) is 5.02 Å². The van der Waals surface area contributed by atoms with E-state index in [4.69, 9.17) is 16.3 Å². The molecule has 8 heteroatoms. The van der Waals surface area contributed by atoms with E-state index in [9.17, 15) is 9.59 Å². The van der Waals surface area contributed by atoms with Crippen molar-refractivity contribution in [1.29, 1.82) is 0 Å². The number of carbonyl (C=O) groups excluding carboxylic acids is 2. The molecule has 0 aliphatic rings. The highest BCUT2D eigenvalue weighted by atomic mass is 35.5. The molecule has 0 bridgehead atoms. The van der Waals surface area contributed by atoms with Crippen LogP contribution in [0.25, 0.3) is 11.3 Å². The number of nitrogens with zero attached hydrogens (tertiary/aromatic N) is 1. The number of methoxy groups -OCH3 is 1. The van der Waals surface area contributed by atoms with E-state index in [1.165, 1.54) is 11.3 Å². The van der Waals surface area contributed by atoms with E-state index in [-0.39, 0.29) is 18.2 Å². The summed E-state index contributed by atoms with van der Waals surface area (Å²) < 4.78 is 5.19. The van der Waals surface area contributed by atoms with Gasteiger partial charge in [-0.15, -0.1) is 11.3 Å². The van der Waals surface area contributed by atoms with Crippen LogP contribution in [0.4, 0.5) is 5.13 Å². The first-order chi connectivity index (χ1) is 16.5. The maximum absolute atomic E-state index is 12.9. The average Bonchev–Trinajstić information content (AvgIpc) is 3.32. The summed E-state index contributed by atoms with van der Waals surface area (Å²) in [5.74, 6) is 0.158. The number of amides is 2. The van der Waals surface area contributed by atoms with Gasteiger partial charge in [0.2, 0.25) is 5.91 Å². The first-order valence-electron chi connectivity index (χ1n) is 10.5. The minimum Gasteiger partial charge on any atom is -0.497 e. The third-order valence-electron chi connectivity index (χ3n) is 5.15. The van der Waals surface area contributed by atoms with Crippen molar-refractivity contribution in [2.75, 3.05) is 12.4 Å². The molecule has 1 aromatic heterocycles. The second-order valence-electron chi connectivity index (χ2n) is 7.44. The maximum Gasteiger partial charge on any atom is 0.253 e. The predicted octanol–water partition coefficient (Wildman–Crippen LogP) is 5.97. The number of rotatable bonds is 8. The highest BCUT2D eigenvalue weighted by molar-refractivity contribution is 7.14. The minimum atomic E-state index is -0.536. The van der Waals surface area contributed by atoms with Crippen molar-refractivity contribution in [3.05, 3.63) is 100 Å². The zero-order valence-corrected chi connectivity index (χ0v) is 19.9. The van der Waals surface area contributed by atoms with Crippen molar-refractivity contribution < 1.29 is 14.3 Å². The molecule has 2 amide bonds. The van der Waals surface area contributed by atoms with Gasteiger partial charge in [0.15, 0.2) is 5.13 Å². The third-order valence-corrected chi connectivity index (χ3v) is 6.24. The molecule has 4 rings (SSSR count). The van der Waals surface area contributed by atoms with E-state index in [0.29, 0.717) is 15.7 Å². The van der Waals surface area contributed by atoms with E-state index in [2.05, 4.69) is 15.6 Å². The summed E-state index contributed by atoms with van der Waals surface area (Å²) in [5, 5.41) is 8.50. The van der Waals surface area contributed by atoms with Gasteiger partial charge in [0.1, 0.15) is 5.75 Å². The number of halogens is 1. The molecule has 6 nitrogen and oxygen atoms in total. The molecule has 1 heterocycles. The van der Waals surface area contributed by atoms with Crippen LogP contribution in [0.3, 0.4) is 0 Å². The highest BCUT2D eigenvalue weighted by Crippen LogP contribution is 2.27. The zero-order chi connectivity index (χ0) is 23.9. The summed E-state index contributed by atoms with van der Waals surface area (Å²) in [6, 6.07) is 23.2. The topological polar surface area (TPSA) is 80.3 Å². The fourth-order valence-electron chi connectivity index (χ4n) is 3.40. The van der Waals surface area contributed by atoms with E-state index in [1.807, 2.05) is 60.0 Å². The summed E-state index contributed by atoms with van der Waals surface area (Å²) in [6.45, 7) is 0. The Balaban J connectivity index is 1.46. The van der Waals surface area contributed by atoms with Gasteiger partial charge in [-0.05, 0) is 42.0 Å². The molecule has 0 fully saturated rings. The standard InChI is InChI=1S/C26H22ClN3O3S/c1-33-19-13-11-18(12-14-19)23-16-34-26(29-23)30-24(31)15-22(17-7-3-2-4-8-17)28-25(32)20-9-5-6-10-21(20)27/h2-14,16,22H,15H2,1H3,(H,28,32)(H,29,30,31)/t22-/m0/s1. The molecule has 0 spiro atoms. The van der Waals surface area contributed by atoms with Gasteiger partial charge in [0.25, 0.3) is 5.91 Å². The maximum atomic E-state index is 12.9. The van der Waals surface area contributed by atoms with Crippen LogP contribution in [0.5, 0.6) is 5.75 Å². The summed E-state index contributed by atoms with van der Waals surface area (Å²) in [7, 11) is 1.62. The quantitative estimate of drug-likeness (QED) is 0.318. The summed E-state index contributed by atoms with van der Waals surface area (Å²) in [4.78, 5) is 30.2. The highest BCUT2D eigenvalue weighted by Gasteiger charge is 2.21. The van der Waals surface area contributed by atoms with Crippen LogP contribution in [-0.2, 0) is 4.79 Å². The van der Waals surface area contributed by atoms with Crippen LogP contribution < -0.4 is 15.4 Å². The van der Waals surface area contributed by atoms with Crippen LogP contribution in [0.1, 0.15) is 28.4 Å². The van der Waals surface area contributed by atoms with E-state index < -0.39 is 6.04 Å². The first-order valence-corrected chi connectivity index (χ1v) is 11.8. The molecule has 0 saturated carbocycles. The number of hydrogen-bond acceptors (Lipinski definition) is 5. The number of carbonyl (C=O) groups is 2. The number of benzene rings is 3. The van der Waals surface area contributed by atoms with Crippen molar-refractivity contribution in [3.8, 4) is 17.0 Å². The molecule has 3 aromatic carbocycles. The minimum absolute atomic E-state index is 0.0393. The number of anilines is 1. The van der Waals surface area contributed by atoms with Crippen molar-refractivity contribution >= 4 is 39.9 Å². The van der Waals surface area contributed by atoms with E-state index in [1.54, 1.807) is 31.4 Å². The van der Waals surface area contributed by atoms with Gasteiger partial charge in [-0.3, -0.25) is 9.59 Å². The predicted molar refractivity (Wildman–Crippen MR) is 135 cm³/mol. The summed E-state index contributed by atoms with van der Waals surface area (Å²) in [6.07, 6.45) is 0.0393. The van der Waals surface area contributed by atoms with Crippen molar-refractivity contribution in [1.82, 2.24) is 10.3 Å². The number of ether oxygens (including phenoxy) is 1. The molecule has 0 aliphatic heterocycles. The Morgan fingerprint density at radius 1 is 1.00 bits per heavy atom. The molecule has 172 valence electrons. The lowest BCUT2D eigenvalue weighted by Crippen LogP contribution is -2.31. The van der Waals surface area contributed by atoms with Gasteiger partial charge < -0.3 is 15.4 Å². The summed E-state index contributed by atoms with van der Waals surface area (Å²) in [5.41, 5.74) is 2.85. The van der Waals surface area contributed by atoms with E-state index >= 15 is 0 Å². The molecule has 0 saturated heterocycles. The van der Waals surface area contributed by atoms with Crippen LogP contribution in [0.15, 0.2) is 84.2 Å². The number of aromatic nitrogens is 1. The van der Waals surface area contributed by atoms with Crippen LogP contribution >= 0.6 is 22.9 Å². The molecule has 0 unspecified atom stereocenters. The lowest BCUT2D eigenvalue weighted by Gasteiger charge is -2.19. The Labute approximate surface area is 206 Å². The molecular weight excluding hydrogens is 470 g/mol. The molecule has 2 N–H and O–H groups in total. The smallest absolute Gasteiger partial charge is 0.253 e. The third kappa shape index (κ3) is 5.81. The number of nitrogens with one attached hydrogen (secondary N) is 2. The Hall–Kier alpha value is -3.68. The van der Waals surface area contributed by atoms with Crippen molar-refractivity contribution in [3.63, 3.8) is 0 Å². The van der Waals surface area contributed by atoms with E-state index in [0.717, 1.165) is 22.6 Å². The normalized spacial score (nSPS) is 11.5. The molecule has 4 aromatic rings. The van der Waals surface area contributed by atoms with Crippen molar-refractivity contribution in [2.45, 2.75) is 12.5 Å². The number of thiazole rings is 1. The first kappa shape index (κ1) is 23.5. The Bertz CT molecular complexity index is 1280. The zero-order valence-electron chi connectivity index (χ0n) is 18.3. The SMILES string of the molecule is COc1ccc(-c2csc(NC(=O)C[C@H](NC(=O)c3ccccc3Cl)c3ccccc3)n2)cc1. The second kappa shape index (κ2) is 11.0. The molecular formula is C26H22ClN3O3S. The molecule has 1 atom stereocenters. The lowest BCUT2D eigenvalue weighted by atomic mass is 10.0. The fourth-order valence-corrected chi connectivity index (χ4v) is 4.36. The van der Waals surface area contributed by atoms with Crippen molar-refractivity contribution in [2.24, 2.45) is 0 Å². The molecule has 0 radical (unpaired) electrons. The van der Waals surface area contributed by atoms with Gasteiger partial charge in [0.05, 0.1) is 35.9 Å². The van der Waals surface area contributed by atoms with Gasteiger partial charge in [-0.25, -0.2) is 4.98 Å². The number of hydrogen-bond donors (Lipinski definition) is 2. The molecule has 34 heavy (non-hydrogen) atoms. The van der Waals surface area contributed by atoms with Gasteiger partial charge >= 0.3 is 0 Å². The fraction of sp³-hybridized carbons (Fsp3) is 0.115. The Kier molecular flexibility index (Phi) is 7.57. The monoisotopic (exact) mass is 491 g/mol. The average molecular weight is 492 g/mol. The largest absolute Gasteiger partial charge is 0.497 e. The summed E-state index contributed by atoms with van der Waals surface area (Å²) >= 11 is 7.52. The molecule has 0 aliphatic carbocycles. The van der Waals surface area contributed by atoms with Gasteiger partial charge in [-0.2, -0.15) is 0 Å². The van der Waals surface area contributed by atoms with Gasteiger partial charge in [-0.1, -0.05) is 54.1 Å². The van der Waals surface area contributed by atoms with Crippen LogP contribution in [0, 0.1) is 0 Å². The second-order valence-corrected chi connectivity index (χ2v) is 8.70. The lowest BCUT2D eigenvalue weighted by molar-refractivity contribution is -0.116.